The first-order chi connectivity index (χ1) is 13.8. The molecule has 1 saturated heterocycles. The van der Waals surface area contributed by atoms with Gasteiger partial charge in [-0.3, -0.25) is 9.10 Å². The lowest BCUT2D eigenvalue weighted by Gasteiger charge is -2.33. The number of ether oxygens (including phenoxy) is 1. The van der Waals surface area contributed by atoms with Gasteiger partial charge < -0.3 is 9.64 Å². The van der Waals surface area contributed by atoms with Gasteiger partial charge in [-0.1, -0.05) is 30.7 Å². The molecule has 0 spiro atoms. The van der Waals surface area contributed by atoms with E-state index >= 15 is 0 Å². The molecule has 0 unspecified atom stereocenters. The van der Waals surface area contributed by atoms with Crippen LogP contribution in [0.25, 0.3) is 0 Å². The second kappa shape index (κ2) is 8.86. The van der Waals surface area contributed by atoms with E-state index in [9.17, 15) is 13.2 Å². The zero-order valence-electron chi connectivity index (χ0n) is 17.2. The van der Waals surface area contributed by atoms with Crippen molar-refractivity contribution in [2.45, 2.75) is 31.6 Å². The Kier molecular flexibility index (Phi) is 6.47. The van der Waals surface area contributed by atoms with Gasteiger partial charge in [0, 0.05) is 19.2 Å². The van der Waals surface area contributed by atoms with Crippen LogP contribution in [0.1, 0.15) is 25.3 Å². The SMILES string of the molecule is COc1cccc(N(CC(=O)N2CCC[C@@H](C)C2)S(=O)(=O)c2ccc(C)cc2)c1. The van der Waals surface area contributed by atoms with Crippen molar-refractivity contribution in [3.05, 3.63) is 54.1 Å². The van der Waals surface area contributed by atoms with Crippen molar-refractivity contribution in [1.29, 1.82) is 0 Å². The summed E-state index contributed by atoms with van der Waals surface area (Å²) < 4.78 is 33.3. The molecule has 0 radical (unpaired) electrons. The fraction of sp³-hybridized carbons (Fsp3) is 0.409. The van der Waals surface area contributed by atoms with Crippen molar-refractivity contribution < 1.29 is 17.9 Å². The fourth-order valence-electron chi connectivity index (χ4n) is 3.56. The van der Waals surface area contributed by atoms with E-state index in [0.717, 1.165) is 18.4 Å². The molecule has 0 aromatic heterocycles. The Hall–Kier alpha value is -2.54. The van der Waals surface area contributed by atoms with Crippen LogP contribution in [0.5, 0.6) is 5.75 Å². The topological polar surface area (TPSA) is 66.9 Å². The van der Waals surface area contributed by atoms with Crippen molar-refractivity contribution in [1.82, 2.24) is 4.90 Å². The fourth-order valence-corrected chi connectivity index (χ4v) is 4.96. The molecule has 0 aliphatic carbocycles. The Labute approximate surface area is 173 Å². The third-order valence-electron chi connectivity index (χ3n) is 5.24. The van der Waals surface area contributed by atoms with E-state index in [0.29, 0.717) is 30.4 Å². The van der Waals surface area contributed by atoms with E-state index in [1.165, 1.54) is 11.4 Å². The molecule has 1 heterocycles. The number of sulfonamides is 1. The lowest BCUT2D eigenvalue weighted by atomic mass is 10.0. The van der Waals surface area contributed by atoms with Crippen LogP contribution in [0, 0.1) is 12.8 Å². The zero-order valence-corrected chi connectivity index (χ0v) is 18.0. The first-order valence-corrected chi connectivity index (χ1v) is 11.3. The number of hydrogen-bond acceptors (Lipinski definition) is 4. The van der Waals surface area contributed by atoms with Crippen molar-refractivity contribution in [3.63, 3.8) is 0 Å². The molecular weight excluding hydrogens is 388 g/mol. The smallest absolute Gasteiger partial charge is 0.264 e. The van der Waals surface area contributed by atoms with Gasteiger partial charge in [-0.15, -0.1) is 0 Å². The second-order valence-corrected chi connectivity index (χ2v) is 9.48. The van der Waals surface area contributed by atoms with Crippen molar-refractivity contribution >= 4 is 21.6 Å². The lowest BCUT2D eigenvalue weighted by Crippen LogP contribution is -2.46. The summed E-state index contributed by atoms with van der Waals surface area (Å²) in [4.78, 5) is 14.9. The third-order valence-corrected chi connectivity index (χ3v) is 7.03. The molecule has 1 atom stereocenters. The molecule has 1 aliphatic heterocycles. The summed E-state index contributed by atoms with van der Waals surface area (Å²) in [5.41, 5.74) is 1.37. The van der Waals surface area contributed by atoms with Crippen LogP contribution in [0.4, 0.5) is 5.69 Å². The minimum atomic E-state index is -3.91. The largest absolute Gasteiger partial charge is 0.497 e. The monoisotopic (exact) mass is 416 g/mol. The van der Waals surface area contributed by atoms with Gasteiger partial charge in [0.2, 0.25) is 5.91 Å². The summed E-state index contributed by atoms with van der Waals surface area (Å²) >= 11 is 0. The van der Waals surface area contributed by atoms with E-state index in [2.05, 4.69) is 6.92 Å². The van der Waals surface area contributed by atoms with Crippen molar-refractivity contribution in [2.75, 3.05) is 31.0 Å². The van der Waals surface area contributed by atoms with Crippen molar-refractivity contribution in [2.24, 2.45) is 5.92 Å². The third kappa shape index (κ3) is 4.90. The van der Waals surface area contributed by atoms with Gasteiger partial charge in [0.05, 0.1) is 17.7 Å². The van der Waals surface area contributed by atoms with Gasteiger partial charge in [0.1, 0.15) is 12.3 Å². The summed E-state index contributed by atoms with van der Waals surface area (Å²) in [6.07, 6.45) is 2.03. The molecule has 1 aliphatic rings. The van der Waals surface area contributed by atoms with Gasteiger partial charge >= 0.3 is 0 Å². The van der Waals surface area contributed by atoms with Gasteiger partial charge in [-0.05, 0) is 49.9 Å². The van der Waals surface area contributed by atoms with E-state index < -0.39 is 10.0 Å². The predicted octanol–water partition coefficient (Wildman–Crippen LogP) is 3.46. The molecule has 0 saturated carbocycles. The average molecular weight is 417 g/mol. The van der Waals surface area contributed by atoms with Crippen LogP contribution in [-0.2, 0) is 14.8 Å². The highest BCUT2D eigenvalue weighted by atomic mass is 32.2. The summed E-state index contributed by atoms with van der Waals surface area (Å²) in [5, 5.41) is 0. The number of amides is 1. The number of nitrogens with zero attached hydrogens (tertiary/aromatic N) is 2. The molecule has 2 aromatic carbocycles. The number of rotatable bonds is 6. The predicted molar refractivity (Wildman–Crippen MR) is 114 cm³/mol. The van der Waals surface area contributed by atoms with Crippen molar-refractivity contribution in [3.8, 4) is 5.75 Å². The number of likely N-dealkylation sites (tertiary alicyclic amines) is 1. The van der Waals surface area contributed by atoms with E-state index in [-0.39, 0.29) is 17.3 Å². The highest BCUT2D eigenvalue weighted by molar-refractivity contribution is 7.92. The Bertz CT molecular complexity index is 957. The molecule has 6 nitrogen and oxygen atoms in total. The quantitative estimate of drug-likeness (QED) is 0.723. The molecule has 0 N–H and O–H groups in total. The second-order valence-electron chi connectivity index (χ2n) is 7.61. The Morgan fingerprint density at radius 2 is 1.93 bits per heavy atom. The average Bonchev–Trinajstić information content (AvgIpc) is 2.72. The van der Waals surface area contributed by atoms with Gasteiger partial charge in [0.15, 0.2) is 0 Å². The molecule has 7 heteroatoms. The summed E-state index contributed by atoms with van der Waals surface area (Å²) in [7, 11) is -2.39. The number of anilines is 1. The highest BCUT2D eigenvalue weighted by Gasteiger charge is 2.30. The van der Waals surface area contributed by atoms with Crippen LogP contribution in [0.2, 0.25) is 0 Å². The minimum Gasteiger partial charge on any atom is -0.497 e. The standard InChI is InChI=1S/C22H28N2O4S/c1-17-9-11-21(12-10-17)29(26,27)24(19-7-4-8-20(14-19)28-3)16-22(25)23-13-5-6-18(2)15-23/h4,7-12,14,18H,5-6,13,15-16H2,1-3H3/t18-/m1/s1. The van der Waals surface area contributed by atoms with Crippen LogP contribution < -0.4 is 9.04 Å². The minimum absolute atomic E-state index is 0.158. The zero-order chi connectivity index (χ0) is 21.0. The summed E-state index contributed by atoms with van der Waals surface area (Å²) in [5.74, 6) is 0.771. The molecule has 2 aromatic rings. The normalized spacial score (nSPS) is 17.1. The summed E-state index contributed by atoms with van der Waals surface area (Å²) in [6.45, 7) is 5.10. The Morgan fingerprint density at radius 3 is 2.59 bits per heavy atom. The van der Waals surface area contributed by atoms with E-state index in [1.54, 1.807) is 53.4 Å². The number of carbonyl (C=O) groups excluding carboxylic acids is 1. The molecule has 29 heavy (non-hydrogen) atoms. The maximum Gasteiger partial charge on any atom is 0.264 e. The molecule has 0 bridgehead atoms. The van der Waals surface area contributed by atoms with E-state index in [4.69, 9.17) is 4.74 Å². The number of aryl methyl sites for hydroxylation is 1. The number of carbonyl (C=O) groups is 1. The van der Waals surface area contributed by atoms with Gasteiger partial charge in [0.25, 0.3) is 10.0 Å². The van der Waals surface area contributed by atoms with Crippen LogP contribution in [0.3, 0.4) is 0 Å². The first-order valence-electron chi connectivity index (χ1n) is 9.82. The maximum absolute atomic E-state index is 13.4. The molecule has 1 fully saturated rings. The summed E-state index contributed by atoms with van der Waals surface area (Å²) in [6, 6.07) is 13.4. The number of methoxy groups -OCH3 is 1. The molecule has 156 valence electrons. The van der Waals surface area contributed by atoms with Crippen LogP contribution >= 0.6 is 0 Å². The van der Waals surface area contributed by atoms with Gasteiger partial charge in [-0.25, -0.2) is 8.42 Å². The number of benzene rings is 2. The van der Waals surface area contributed by atoms with E-state index in [1.807, 2.05) is 6.92 Å². The first kappa shape index (κ1) is 21.2. The molecular formula is C22H28N2O4S. The maximum atomic E-state index is 13.4. The number of hydrogen-bond donors (Lipinski definition) is 0. The molecule has 1 amide bonds. The van der Waals surface area contributed by atoms with Crippen LogP contribution in [-0.4, -0.2) is 46.0 Å². The lowest BCUT2D eigenvalue weighted by molar-refractivity contribution is -0.131. The molecule has 3 rings (SSSR count). The Morgan fingerprint density at radius 1 is 1.21 bits per heavy atom. The number of piperidine rings is 1. The Balaban J connectivity index is 1.97. The van der Waals surface area contributed by atoms with Gasteiger partial charge in [-0.2, -0.15) is 0 Å². The van der Waals surface area contributed by atoms with Crippen LogP contribution in [0.15, 0.2) is 53.4 Å². The highest BCUT2D eigenvalue weighted by Crippen LogP contribution is 2.28.